The third-order valence-electron chi connectivity index (χ3n) is 2.98. The van der Waals surface area contributed by atoms with Gasteiger partial charge in [-0.3, -0.25) is 4.79 Å². The van der Waals surface area contributed by atoms with Crippen LogP contribution in [-0.4, -0.2) is 39.7 Å². The summed E-state index contributed by atoms with van der Waals surface area (Å²) in [6.07, 6.45) is 0. The van der Waals surface area contributed by atoms with E-state index in [0.29, 0.717) is 11.8 Å². The highest BCUT2D eigenvalue weighted by Crippen LogP contribution is 2.23. The van der Waals surface area contributed by atoms with Gasteiger partial charge in [-0.15, -0.1) is 0 Å². The molecule has 1 heterocycles. The van der Waals surface area contributed by atoms with Crippen LogP contribution in [0.2, 0.25) is 0 Å². The maximum atomic E-state index is 12.3. The normalized spacial score (nSPS) is 11.7. The molecule has 5 nitrogen and oxygen atoms in total. The summed E-state index contributed by atoms with van der Waals surface area (Å²) in [6, 6.07) is 2.80. The summed E-state index contributed by atoms with van der Waals surface area (Å²) in [5, 5.41) is 9.18. The molecule has 8 heteroatoms. The molecule has 0 bridgehead atoms. The molecule has 0 radical (unpaired) electrons. The number of carbonyl (C=O) groups is 2. The van der Waals surface area contributed by atoms with Crippen LogP contribution in [0.5, 0.6) is 0 Å². The van der Waals surface area contributed by atoms with Crippen molar-refractivity contribution in [2.45, 2.75) is 37.8 Å². The highest BCUT2D eigenvalue weighted by Gasteiger charge is 2.38. The zero-order valence-corrected chi connectivity index (χ0v) is 12.7. The number of carboxylic acids is 1. The van der Waals surface area contributed by atoms with Crippen LogP contribution < -0.4 is 0 Å². The van der Waals surface area contributed by atoms with Crippen LogP contribution in [0.1, 0.15) is 37.1 Å². The lowest BCUT2D eigenvalue weighted by atomic mass is 10.0. The molecule has 0 saturated carbocycles. The maximum absolute atomic E-state index is 12.3. The minimum atomic E-state index is -2.52. The number of thioether (sulfide) groups is 1. The second-order valence-electron chi connectivity index (χ2n) is 4.75. The van der Waals surface area contributed by atoms with Crippen LogP contribution in [0.25, 0.3) is 0 Å². The van der Waals surface area contributed by atoms with Crippen molar-refractivity contribution in [3.05, 3.63) is 23.7 Å². The molecule has 0 aliphatic rings. The second kappa shape index (κ2) is 6.93. The highest BCUT2D eigenvalue weighted by atomic mass is 32.2. The number of amides is 1. The zero-order chi connectivity index (χ0) is 16.2. The fourth-order valence-corrected chi connectivity index (χ4v) is 2.20. The summed E-state index contributed by atoms with van der Waals surface area (Å²) < 4.78 is 29.4. The molecule has 0 aliphatic carbocycles. The number of alkyl halides is 2. The summed E-state index contributed by atoms with van der Waals surface area (Å²) in [5.74, 6) is -4.12. The van der Waals surface area contributed by atoms with Crippen LogP contribution in [0.3, 0.4) is 0 Å². The van der Waals surface area contributed by atoms with Gasteiger partial charge in [0.15, 0.2) is 5.76 Å². The first kappa shape index (κ1) is 17.5. The molecule has 0 unspecified atom stereocenters. The van der Waals surface area contributed by atoms with Crippen molar-refractivity contribution < 1.29 is 27.9 Å². The molecular formula is C13H17F2NO4S. The van der Waals surface area contributed by atoms with Gasteiger partial charge in [-0.25, -0.2) is 4.79 Å². The second-order valence-corrected chi connectivity index (χ2v) is 5.73. The van der Waals surface area contributed by atoms with E-state index in [2.05, 4.69) is 0 Å². The molecule has 118 valence electrons. The molecular weight excluding hydrogens is 304 g/mol. The number of nitrogens with zero attached hydrogens (tertiary/aromatic N) is 1. The molecule has 0 fully saturated rings. The first-order valence-electron chi connectivity index (χ1n) is 6.24. The van der Waals surface area contributed by atoms with Crippen LogP contribution in [0.4, 0.5) is 8.78 Å². The molecule has 1 aromatic heterocycles. The Hall–Kier alpha value is -1.57. The van der Waals surface area contributed by atoms with Crippen LogP contribution in [0, 0.1) is 0 Å². The minimum Gasteiger partial charge on any atom is -0.480 e. The predicted octanol–water partition coefficient (Wildman–Crippen LogP) is 3.06. The van der Waals surface area contributed by atoms with Crippen LogP contribution >= 0.6 is 11.8 Å². The smallest absolute Gasteiger partial charge is 0.329 e. The zero-order valence-electron chi connectivity index (χ0n) is 11.9. The first-order valence-corrected chi connectivity index (χ1v) is 7.28. The van der Waals surface area contributed by atoms with Gasteiger partial charge in [-0.1, -0.05) is 11.8 Å². The van der Waals surface area contributed by atoms with Gasteiger partial charge in [0.2, 0.25) is 0 Å². The van der Waals surface area contributed by atoms with Gasteiger partial charge in [0, 0.05) is 6.54 Å². The molecule has 1 N–H and O–H groups in total. The molecule has 0 aromatic carbocycles. The van der Waals surface area contributed by atoms with Crippen molar-refractivity contribution in [3.63, 3.8) is 0 Å². The number of carboxylic acid groups (broad SMARTS) is 1. The standard InChI is InChI=1S/C13H17F2NO4S/c1-4-16(13(2,3)11(18)19)10(17)9-6-5-8(20-9)7-21-12(14)15/h5-6,12H,4,7H2,1-3H3,(H,18,19). The summed E-state index contributed by atoms with van der Waals surface area (Å²) in [4.78, 5) is 24.7. The van der Waals surface area contributed by atoms with Gasteiger partial charge >= 0.3 is 5.97 Å². The van der Waals surface area contributed by atoms with Gasteiger partial charge < -0.3 is 14.4 Å². The van der Waals surface area contributed by atoms with Gasteiger partial charge in [0.05, 0.1) is 5.75 Å². The number of hydrogen-bond donors (Lipinski definition) is 1. The maximum Gasteiger partial charge on any atom is 0.329 e. The van der Waals surface area contributed by atoms with E-state index in [9.17, 15) is 23.5 Å². The lowest BCUT2D eigenvalue weighted by molar-refractivity contribution is -0.147. The molecule has 1 rings (SSSR count). The van der Waals surface area contributed by atoms with E-state index in [1.165, 1.54) is 26.0 Å². The molecule has 1 aromatic rings. The SMILES string of the molecule is CCN(C(=O)c1ccc(CSC(F)F)o1)C(C)(C)C(=O)O. The van der Waals surface area contributed by atoms with E-state index in [0.717, 1.165) is 4.90 Å². The average molecular weight is 321 g/mol. The van der Waals surface area contributed by atoms with Crippen molar-refractivity contribution in [1.29, 1.82) is 0 Å². The number of rotatable bonds is 7. The topological polar surface area (TPSA) is 70.8 Å². The largest absolute Gasteiger partial charge is 0.480 e. The van der Waals surface area contributed by atoms with E-state index in [1.807, 2.05) is 0 Å². The van der Waals surface area contributed by atoms with Crippen molar-refractivity contribution >= 4 is 23.6 Å². The molecule has 0 saturated heterocycles. The Bertz CT molecular complexity index is 516. The fourth-order valence-electron chi connectivity index (χ4n) is 1.76. The predicted molar refractivity (Wildman–Crippen MR) is 74.4 cm³/mol. The average Bonchev–Trinajstić information content (AvgIpc) is 2.85. The molecule has 0 spiro atoms. The fraction of sp³-hybridized carbons (Fsp3) is 0.538. The van der Waals surface area contributed by atoms with Gasteiger partial charge in [-0.2, -0.15) is 8.78 Å². The Labute approximate surface area is 125 Å². The van der Waals surface area contributed by atoms with Gasteiger partial charge in [0.25, 0.3) is 11.7 Å². The first-order chi connectivity index (χ1) is 9.70. The highest BCUT2D eigenvalue weighted by molar-refractivity contribution is 7.98. The number of hydrogen-bond acceptors (Lipinski definition) is 4. The van der Waals surface area contributed by atoms with E-state index < -0.39 is 23.2 Å². The monoisotopic (exact) mass is 321 g/mol. The van der Waals surface area contributed by atoms with Crippen molar-refractivity contribution in [3.8, 4) is 0 Å². The Morgan fingerprint density at radius 2 is 2.05 bits per heavy atom. The lowest BCUT2D eigenvalue weighted by Gasteiger charge is -2.33. The lowest BCUT2D eigenvalue weighted by Crippen LogP contribution is -2.52. The van der Waals surface area contributed by atoms with Crippen molar-refractivity contribution in [2.75, 3.05) is 6.54 Å². The Morgan fingerprint density at radius 1 is 1.43 bits per heavy atom. The summed E-state index contributed by atoms with van der Waals surface area (Å²) >= 11 is 0.388. The third kappa shape index (κ3) is 4.20. The number of aliphatic carboxylic acids is 1. The molecule has 1 amide bonds. The van der Waals surface area contributed by atoms with Gasteiger partial charge in [0.1, 0.15) is 11.3 Å². The van der Waals surface area contributed by atoms with Crippen LogP contribution in [0.15, 0.2) is 16.5 Å². The Kier molecular flexibility index (Phi) is 5.77. The van der Waals surface area contributed by atoms with Crippen LogP contribution in [-0.2, 0) is 10.5 Å². The van der Waals surface area contributed by atoms with E-state index in [-0.39, 0.29) is 23.8 Å². The summed E-state index contributed by atoms with van der Waals surface area (Å²) in [5.41, 5.74) is -1.39. The number of likely N-dealkylation sites (N-methyl/N-ethyl adjacent to an activating group) is 1. The van der Waals surface area contributed by atoms with Crippen molar-refractivity contribution in [1.82, 2.24) is 4.90 Å². The molecule has 21 heavy (non-hydrogen) atoms. The number of carbonyl (C=O) groups excluding carboxylic acids is 1. The third-order valence-corrected chi connectivity index (χ3v) is 3.69. The van der Waals surface area contributed by atoms with E-state index in [1.54, 1.807) is 6.92 Å². The molecule has 0 atom stereocenters. The van der Waals surface area contributed by atoms with Crippen molar-refractivity contribution in [2.24, 2.45) is 0 Å². The summed E-state index contributed by atoms with van der Waals surface area (Å²) in [6.45, 7) is 4.65. The number of furan rings is 1. The summed E-state index contributed by atoms with van der Waals surface area (Å²) in [7, 11) is 0. The quantitative estimate of drug-likeness (QED) is 0.836. The Morgan fingerprint density at radius 3 is 2.52 bits per heavy atom. The Balaban J connectivity index is 2.89. The minimum absolute atomic E-state index is 0.0562. The molecule has 0 aliphatic heterocycles. The number of halogens is 2. The van der Waals surface area contributed by atoms with Gasteiger partial charge in [-0.05, 0) is 32.9 Å². The van der Waals surface area contributed by atoms with E-state index >= 15 is 0 Å². The van der Waals surface area contributed by atoms with E-state index in [4.69, 9.17) is 4.42 Å².